The SMILES string of the molecule is CNc1ccc2c(c1)S(C)(C)c1cc(N(C)C)ccc1C2c1ccc(C(=O)OC)cc1C. The van der Waals surface area contributed by atoms with Gasteiger partial charge in [-0.05, 0) is 87.9 Å². The second kappa shape index (κ2) is 8.21. The molecule has 1 atom stereocenters. The number of carbonyl (C=O) groups excluding carboxylic acids is 1. The van der Waals surface area contributed by atoms with Gasteiger partial charge in [-0.25, -0.2) is 4.79 Å². The molecule has 3 aromatic carbocycles. The van der Waals surface area contributed by atoms with Crippen LogP contribution < -0.4 is 10.2 Å². The quantitative estimate of drug-likeness (QED) is 0.507. The molecule has 1 heterocycles. The summed E-state index contributed by atoms with van der Waals surface area (Å²) < 4.78 is 4.93. The predicted octanol–water partition coefficient (Wildman–Crippen LogP) is 5.87. The van der Waals surface area contributed by atoms with Gasteiger partial charge in [0, 0.05) is 38.4 Å². The summed E-state index contributed by atoms with van der Waals surface area (Å²) in [5.74, 6) is -0.182. The van der Waals surface area contributed by atoms with Gasteiger partial charge in [-0.1, -0.05) is 18.2 Å². The van der Waals surface area contributed by atoms with E-state index in [2.05, 4.69) is 86.2 Å². The third-order valence-electron chi connectivity index (χ3n) is 6.54. The number of ether oxygens (including phenoxy) is 1. The minimum atomic E-state index is -1.21. The summed E-state index contributed by atoms with van der Waals surface area (Å²) in [5, 5.41) is 3.31. The summed E-state index contributed by atoms with van der Waals surface area (Å²) in [5.41, 5.74) is 7.97. The van der Waals surface area contributed by atoms with Crippen molar-refractivity contribution >= 4 is 27.4 Å². The van der Waals surface area contributed by atoms with Gasteiger partial charge >= 0.3 is 5.97 Å². The van der Waals surface area contributed by atoms with Crippen LogP contribution in [0.25, 0.3) is 0 Å². The van der Waals surface area contributed by atoms with Crippen molar-refractivity contribution in [1.29, 1.82) is 0 Å². The Morgan fingerprint density at radius 1 is 0.938 bits per heavy atom. The number of nitrogens with zero attached hydrogens (tertiary/aromatic N) is 1. The molecular formula is C27H32N2O2S. The zero-order valence-corrected chi connectivity index (χ0v) is 20.8. The maximum Gasteiger partial charge on any atom is 0.337 e. The molecule has 4 rings (SSSR count). The molecule has 5 heteroatoms. The molecule has 0 radical (unpaired) electrons. The predicted molar refractivity (Wildman–Crippen MR) is 136 cm³/mol. The number of esters is 1. The normalized spacial score (nSPS) is 17.0. The summed E-state index contributed by atoms with van der Waals surface area (Å²) in [6, 6.07) is 19.6. The van der Waals surface area contributed by atoms with Crippen molar-refractivity contribution < 1.29 is 9.53 Å². The number of hydrogen-bond acceptors (Lipinski definition) is 4. The Morgan fingerprint density at radius 2 is 1.56 bits per heavy atom. The van der Waals surface area contributed by atoms with E-state index in [1.54, 1.807) is 0 Å². The van der Waals surface area contributed by atoms with Gasteiger partial charge in [0.15, 0.2) is 0 Å². The minimum absolute atomic E-state index is 0.120. The van der Waals surface area contributed by atoms with Crippen LogP contribution in [0, 0.1) is 6.92 Å². The molecule has 0 amide bonds. The molecule has 0 aromatic heterocycles. The van der Waals surface area contributed by atoms with Crippen LogP contribution in [0.5, 0.6) is 0 Å². The van der Waals surface area contributed by atoms with E-state index in [0.717, 1.165) is 11.3 Å². The molecule has 0 saturated heterocycles. The van der Waals surface area contributed by atoms with Crippen LogP contribution in [-0.4, -0.2) is 46.7 Å². The maximum absolute atomic E-state index is 12.1. The molecule has 0 fully saturated rings. The molecule has 1 N–H and O–H groups in total. The van der Waals surface area contributed by atoms with E-state index < -0.39 is 10.0 Å². The number of aryl methyl sites for hydroxylation is 1. The summed E-state index contributed by atoms with van der Waals surface area (Å²) in [4.78, 5) is 17.1. The van der Waals surface area contributed by atoms with Crippen LogP contribution in [0.4, 0.5) is 11.4 Å². The molecule has 0 aliphatic carbocycles. The molecular weight excluding hydrogens is 416 g/mol. The number of rotatable bonds is 4. The molecule has 4 nitrogen and oxygen atoms in total. The van der Waals surface area contributed by atoms with Gasteiger partial charge in [0.05, 0.1) is 12.7 Å². The summed E-state index contributed by atoms with van der Waals surface area (Å²) in [7, 11) is 6.36. The van der Waals surface area contributed by atoms with Crippen molar-refractivity contribution in [3.63, 3.8) is 0 Å². The van der Waals surface area contributed by atoms with E-state index >= 15 is 0 Å². The number of nitrogens with one attached hydrogen (secondary N) is 1. The van der Waals surface area contributed by atoms with Gasteiger partial charge in [-0.2, -0.15) is 10.0 Å². The van der Waals surface area contributed by atoms with Crippen molar-refractivity contribution in [3.8, 4) is 0 Å². The van der Waals surface area contributed by atoms with E-state index in [9.17, 15) is 4.79 Å². The average Bonchev–Trinajstić information content (AvgIpc) is 2.79. The third kappa shape index (κ3) is 3.55. The molecule has 1 aliphatic heterocycles. The average molecular weight is 449 g/mol. The summed E-state index contributed by atoms with van der Waals surface area (Å²) >= 11 is 0. The van der Waals surface area contributed by atoms with E-state index in [-0.39, 0.29) is 11.9 Å². The van der Waals surface area contributed by atoms with Gasteiger partial charge in [0.2, 0.25) is 0 Å². The van der Waals surface area contributed by atoms with Crippen molar-refractivity contribution in [3.05, 3.63) is 82.4 Å². The van der Waals surface area contributed by atoms with Crippen LogP contribution in [0.15, 0.2) is 64.4 Å². The number of fused-ring (bicyclic) bond motifs is 2. The second-order valence-electron chi connectivity index (χ2n) is 8.94. The third-order valence-corrected chi connectivity index (χ3v) is 9.45. The Bertz CT molecular complexity index is 1200. The molecule has 0 spiro atoms. The van der Waals surface area contributed by atoms with Crippen LogP contribution in [0.1, 0.15) is 38.5 Å². The lowest BCUT2D eigenvalue weighted by atomic mass is 9.82. The highest BCUT2D eigenvalue weighted by molar-refractivity contribution is 8.32. The second-order valence-corrected chi connectivity index (χ2v) is 12.5. The topological polar surface area (TPSA) is 41.6 Å². The molecule has 1 unspecified atom stereocenters. The van der Waals surface area contributed by atoms with Crippen LogP contribution in [0.3, 0.4) is 0 Å². The first-order valence-electron chi connectivity index (χ1n) is 10.7. The zero-order valence-electron chi connectivity index (χ0n) is 19.9. The van der Waals surface area contributed by atoms with Crippen molar-refractivity contribution in [2.75, 3.05) is 51.0 Å². The number of carbonyl (C=O) groups is 1. The van der Waals surface area contributed by atoms with E-state index in [4.69, 9.17) is 4.74 Å². The molecule has 0 saturated carbocycles. The number of benzene rings is 3. The molecule has 1 aliphatic rings. The van der Waals surface area contributed by atoms with Crippen LogP contribution in [-0.2, 0) is 4.74 Å². The number of hydrogen-bond donors (Lipinski definition) is 1. The Morgan fingerprint density at radius 3 is 2.16 bits per heavy atom. The van der Waals surface area contributed by atoms with Gasteiger partial charge in [-0.15, -0.1) is 0 Å². The lowest BCUT2D eigenvalue weighted by molar-refractivity contribution is 0.0600. The van der Waals surface area contributed by atoms with Crippen LogP contribution in [0.2, 0.25) is 0 Å². The van der Waals surface area contributed by atoms with E-state index in [1.165, 1.54) is 39.3 Å². The minimum Gasteiger partial charge on any atom is -0.465 e. The van der Waals surface area contributed by atoms with Crippen molar-refractivity contribution in [1.82, 2.24) is 0 Å². The van der Waals surface area contributed by atoms with Crippen LogP contribution >= 0.6 is 10.0 Å². The standard InChI is InChI=1S/C27H32N2O2S/c1-17-14-18(27(30)31-5)8-11-21(17)26-22-12-9-19(28-2)15-24(22)32(6,7)25-16-20(29(3)4)10-13-23(25)26/h8-16,26,28H,1-7H3. The first-order chi connectivity index (χ1) is 15.2. The Hall–Kier alpha value is -2.92. The molecule has 168 valence electrons. The summed E-state index contributed by atoms with van der Waals surface area (Å²) in [6.45, 7) is 2.09. The van der Waals surface area contributed by atoms with Crippen molar-refractivity contribution in [2.24, 2.45) is 0 Å². The zero-order chi connectivity index (χ0) is 23.2. The number of anilines is 2. The largest absolute Gasteiger partial charge is 0.465 e. The van der Waals surface area contributed by atoms with Crippen molar-refractivity contribution in [2.45, 2.75) is 22.6 Å². The Labute approximate surface area is 192 Å². The summed E-state index contributed by atoms with van der Waals surface area (Å²) in [6.07, 6.45) is 4.79. The Balaban J connectivity index is 1.99. The fourth-order valence-electron chi connectivity index (χ4n) is 4.72. The van der Waals surface area contributed by atoms with Gasteiger partial charge < -0.3 is 15.0 Å². The molecule has 3 aromatic rings. The highest BCUT2D eigenvalue weighted by Gasteiger charge is 2.36. The lowest BCUT2D eigenvalue weighted by Crippen LogP contribution is -2.19. The van der Waals surface area contributed by atoms with Gasteiger partial charge in [0.1, 0.15) is 0 Å². The fourth-order valence-corrected chi connectivity index (χ4v) is 7.34. The number of methoxy groups -OCH3 is 1. The first-order valence-corrected chi connectivity index (χ1v) is 13.2. The molecule has 0 bridgehead atoms. The van der Waals surface area contributed by atoms with Gasteiger partial charge in [-0.3, -0.25) is 0 Å². The highest BCUT2D eigenvalue weighted by atomic mass is 32.3. The van der Waals surface area contributed by atoms with E-state index in [1.807, 2.05) is 19.2 Å². The smallest absolute Gasteiger partial charge is 0.337 e. The first kappa shape index (κ1) is 22.3. The van der Waals surface area contributed by atoms with E-state index in [0.29, 0.717) is 5.56 Å². The fraction of sp³-hybridized carbons (Fsp3) is 0.296. The maximum atomic E-state index is 12.1. The van der Waals surface area contributed by atoms with Gasteiger partial charge in [0.25, 0.3) is 0 Å². The highest BCUT2D eigenvalue weighted by Crippen LogP contribution is 2.66. The molecule has 32 heavy (non-hydrogen) atoms. The Kier molecular flexibility index (Phi) is 5.72. The lowest BCUT2D eigenvalue weighted by Gasteiger charge is -2.44. The monoisotopic (exact) mass is 448 g/mol.